The maximum absolute atomic E-state index is 12.1. The van der Waals surface area contributed by atoms with Crippen LogP contribution in [0.4, 0.5) is 0 Å². The van der Waals surface area contributed by atoms with E-state index in [9.17, 15) is 4.79 Å². The fourth-order valence-electron chi connectivity index (χ4n) is 2.87. The summed E-state index contributed by atoms with van der Waals surface area (Å²) in [5.41, 5.74) is 7.48. The van der Waals surface area contributed by atoms with Gasteiger partial charge in [0.1, 0.15) is 10.7 Å². The number of hydrogen-bond donors (Lipinski definition) is 1. The monoisotopic (exact) mass is 306 g/mol. The summed E-state index contributed by atoms with van der Waals surface area (Å²) < 4.78 is 5.25. The third-order valence-electron chi connectivity index (χ3n) is 3.89. The lowest BCUT2D eigenvalue weighted by atomic mass is 10.0. The molecule has 0 saturated carbocycles. The Balaban J connectivity index is 2.11. The van der Waals surface area contributed by atoms with E-state index in [-0.39, 0.29) is 5.91 Å². The van der Waals surface area contributed by atoms with E-state index in [2.05, 4.69) is 6.92 Å². The van der Waals surface area contributed by atoms with Gasteiger partial charge in [-0.15, -0.1) is 0 Å². The van der Waals surface area contributed by atoms with Crippen LogP contribution in [0.5, 0.6) is 5.75 Å². The zero-order chi connectivity index (χ0) is 15.4. The predicted octanol–water partition coefficient (Wildman–Crippen LogP) is 2.48. The number of methoxy groups -OCH3 is 1. The van der Waals surface area contributed by atoms with Crippen LogP contribution in [0.2, 0.25) is 0 Å². The lowest BCUT2D eigenvalue weighted by Crippen LogP contribution is -2.25. The van der Waals surface area contributed by atoms with Crippen LogP contribution in [-0.4, -0.2) is 29.5 Å². The lowest BCUT2D eigenvalue weighted by molar-refractivity contribution is -0.128. The molecule has 5 heteroatoms. The largest absolute Gasteiger partial charge is 0.496 e. The number of nitrogens with zero attached hydrogens (tertiary/aromatic N) is 1. The van der Waals surface area contributed by atoms with E-state index in [4.69, 9.17) is 22.7 Å². The number of rotatable bonds is 6. The molecule has 1 aliphatic heterocycles. The molecule has 2 N–H and O–H groups in total. The average molecular weight is 306 g/mol. The van der Waals surface area contributed by atoms with Gasteiger partial charge in [0.05, 0.1) is 12.7 Å². The number of amides is 1. The second kappa shape index (κ2) is 6.89. The summed E-state index contributed by atoms with van der Waals surface area (Å²) in [6.07, 6.45) is 2.91. The highest BCUT2D eigenvalue weighted by Crippen LogP contribution is 2.25. The first-order chi connectivity index (χ1) is 10.0. The molecule has 1 fully saturated rings. The van der Waals surface area contributed by atoms with Gasteiger partial charge in [-0.25, -0.2) is 0 Å². The van der Waals surface area contributed by atoms with Crippen molar-refractivity contribution in [3.05, 3.63) is 29.3 Å². The Morgan fingerprint density at radius 1 is 1.52 bits per heavy atom. The Kier molecular flexibility index (Phi) is 5.17. The van der Waals surface area contributed by atoms with E-state index in [0.29, 0.717) is 29.6 Å². The van der Waals surface area contributed by atoms with Gasteiger partial charge in [-0.3, -0.25) is 4.79 Å². The molecule has 1 aromatic carbocycles. The van der Waals surface area contributed by atoms with E-state index in [1.165, 1.54) is 0 Å². The van der Waals surface area contributed by atoms with Gasteiger partial charge in [-0.1, -0.05) is 31.6 Å². The summed E-state index contributed by atoms with van der Waals surface area (Å²) in [5, 5.41) is 0. The Hall–Kier alpha value is -1.62. The van der Waals surface area contributed by atoms with Crippen molar-refractivity contribution in [1.82, 2.24) is 4.90 Å². The highest BCUT2D eigenvalue weighted by atomic mass is 32.1. The molecule has 2 rings (SSSR count). The first-order valence-corrected chi connectivity index (χ1v) is 7.70. The molecule has 0 radical (unpaired) electrons. The van der Waals surface area contributed by atoms with Crippen molar-refractivity contribution >= 4 is 23.1 Å². The highest BCUT2D eigenvalue weighted by molar-refractivity contribution is 7.80. The molecule has 0 aromatic heterocycles. The standard InChI is InChI=1S/C16H22N2O2S/c1-3-4-11-8-15(19)18(9-11)10-12-5-6-14(20-2)13(7-12)16(17)21/h5-7,11H,3-4,8-10H2,1-2H3,(H2,17,21). The van der Waals surface area contributed by atoms with Crippen molar-refractivity contribution in [2.24, 2.45) is 11.7 Å². The van der Waals surface area contributed by atoms with Gasteiger partial charge in [0.15, 0.2) is 0 Å². The third kappa shape index (κ3) is 3.73. The molecule has 0 spiro atoms. The van der Waals surface area contributed by atoms with Gasteiger partial charge >= 0.3 is 0 Å². The Bertz CT molecular complexity index is 545. The number of carbonyl (C=O) groups is 1. The van der Waals surface area contributed by atoms with Gasteiger partial charge in [-0.2, -0.15) is 0 Å². The zero-order valence-electron chi connectivity index (χ0n) is 12.6. The molecule has 1 heterocycles. The van der Waals surface area contributed by atoms with Crippen LogP contribution in [0.25, 0.3) is 0 Å². The number of benzene rings is 1. The maximum Gasteiger partial charge on any atom is 0.223 e. The summed E-state index contributed by atoms with van der Waals surface area (Å²) in [6, 6.07) is 5.73. The number of thiocarbonyl (C=S) groups is 1. The predicted molar refractivity (Wildman–Crippen MR) is 87.3 cm³/mol. The first kappa shape index (κ1) is 15.8. The first-order valence-electron chi connectivity index (χ1n) is 7.29. The second-order valence-electron chi connectivity index (χ2n) is 5.53. The molecule has 4 nitrogen and oxygen atoms in total. The molecule has 1 aromatic rings. The van der Waals surface area contributed by atoms with Gasteiger partial charge < -0.3 is 15.4 Å². The molecule has 1 amide bonds. The number of nitrogens with two attached hydrogens (primary N) is 1. The number of ether oxygens (including phenoxy) is 1. The van der Waals surface area contributed by atoms with Crippen molar-refractivity contribution in [3.8, 4) is 5.75 Å². The normalized spacial score (nSPS) is 18.1. The van der Waals surface area contributed by atoms with Gasteiger partial charge in [0.25, 0.3) is 0 Å². The van der Waals surface area contributed by atoms with Crippen molar-refractivity contribution in [1.29, 1.82) is 0 Å². The molecule has 1 saturated heterocycles. The minimum absolute atomic E-state index is 0.237. The summed E-state index contributed by atoms with van der Waals surface area (Å²) in [5.74, 6) is 1.40. The summed E-state index contributed by atoms with van der Waals surface area (Å²) in [4.78, 5) is 14.3. The molecule has 114 valence electrons. The Morgan fingerprint density at radius 2 is 2.29 bits per heavy atom. The SMILES string of the molecule is CCCC1CC(=O)N(Cc2ccc(OC)c(C(N)=S)c2)C1. The molecular weight excluding hydrogens is 284 g/mol. The topological polar surface area (TPSA) is 55.6 Å². The van der Waals surface area contributed by atoms with Crippen LogP contribution < -0.4 is 10.5 Å². The Labute approximate surface area is 131 Å². The van der Waals surface area contributed by atoms with E-state index >= 15 is 0 Å². The molecule has 1 atom stereocenters. The van der Waals surface area contributed by atoms with Crippen molar-refractivity contribution in [2.75, 3.05) is 13.7 Å². The van der Waals surface area contributed by atoms with E-state index in [1.54, 1.807) is 7.11 Å². The van der Waals surface area contributed by atoms with Crippen molar-refractivity contribution in [2.45, 2.75) is 32.7 Å². The Morgan fingerprint density at radius 3 is 2.90 bits per heavy atom. The van der Waals surface area contributed by atoms with Crippen LogP contribution in [0, 0.1) is 5.92 Å². The minimum Gasteiger partial charge on any atom is -0.496 e. The fraction of sp³-hybridized carbons (Fsp3) is 0.500. The third-order valence-corrected chi connectivity index (χ3v) is 4.11. The maximum atomic E-state index is 12.1. The smallest absolute Gasteiger partial charge is 0.223 e. The van der Waals surface area contributed by atoms with Crippen LogP contribution in [-0.2, 0) is 11.3 Å². The van der Waals surface area contributed by atoms with E-state index < -0.39 is 0 Å². The molecule has 0 bridgehead atoms. The summed E-state index contributed by atoms with van der Waals surface area (Å²) in [6.45, 7) is 3.62. The molecule has 1 unspecified atom stereocenters. The molecule has 1 aliphatic rings. The summed E-state index contributed by atoms with van der Waals surface area (Å²) >= 11 is 5.05. The molecule has 21 heavy (non-hydrogen) atoms. The van der Waals surface area contributed by atoms with Gasteiger partial charge in [0, 0.05) is 19.5 Å². The van der Waals surface area contributed by atoms with E-state index in [0.717, 1.165) is 30.5 Å². The molecule has 0 aliphatic carbocycles. The van der Waals surface area contributed by atoms with Crippen molar-refractivity contribution < 1.29 is 9.53 Å². The minimum atomic E-state index is 0.237. The quantitative estimate of drug-likeness (QED) is 0.820. The van der Waals surface area contributed by atoms with E-state index in [1.807, 2.05) is 23.1 Å². The number of likely N-dealkylation sites (tertiary alicyclic amines) is 1. The second-order valence-corrected chi connectivity index (χ2v) is 5.97. The van der Waals surface area contributed by atoms with Crippen LogP contribution >= 0.6 is 12.2 Å². The van der Waals surface area contributed by atoms with Crippen molar-refractivity contribution in [3.63, 3.8) is 0 Å². The average Bonchev–Trinajstić information content (AvgIpc) is 2.79. The number of carbonyl (C=O) groups excluding carboxylic acids is 1. The van der Waals surface area contributed by atoms with Crippen LogP contribution in [0.1, 0.15) is 37.3 Å². The summed E-state index contributed by atoms with van der Waals surface area (Å²) in [7, 11) is 1.59. The molecular formula is C16H22N2O2S. The van der Waals surface area contributed by atoms with Crippen LogP contribution in [0.15, 0.2) is 18.2 Å². The van der Waals surface area contributed by atoms with Gasteiger partial charge in [-0.05, 0) is 30.0 Å². The fourth-order valence-corrected chi connectivity index (χ4v) is 3.03. The van der Waals surface area contributed by atoms with Crippen LogP contribution in [0.3, 0.4) is 0 Å². The van der Waals surface area contributed by atoms with Gasteiger partial charge in [0.2, 0.25) is 5.91 Å². The highest BCUT2D eigenvalue weighted by Gasteiger charge is 2.28. The zero-order valence-corrected chi connectivity index (χ0v) is 13.4. The lowest BCUT2D eigenvalue weighted by Gasteiger charge is -2.18. The number of hydrogen-bond acceptors (Lipinski definition) is 3.